The SMILES string of the molecule is CCN(CC)CCOC(=O)c1cccc(N)c1. The minimum atomic E-state index is -0.315. The lowest BCUT2D eigenvalue weighted by molar-refractivity contribution is 0.0466. The quantitative estimate of drug-likeness (QED) is 0.604. The largest absolute Gasteiger partial charge is 0.461 e. The molecule has 0 aliphatic heterocycles. The fourth-order valence-electron chi connectivity index (χ4n) is 1.56. The van der Waals surface area contributed by atoms with E-state index in [-0.39, 0.29) is 5.97 Å². The molecule has 0 spiro atoms. The molecular weight excluding hydrogens is 216 g/mol. The number of hydrogen-bond acceptors (Lipinski definition) is 4. The van der Waals surface area contributed by atoms with E-state index < -0.39 is 0 Å². The predicted molar refractivity (Wildman–Crippen MR) is 68.9 cm³/mol. The van der Waals surface area contributed by atoms with Gasteiger partial charge in [-0.2, -0.15) is 0 Å². The van der Waals surface area contributed by atoms with Crippen LogP contribution in [-0.2, 0) is 4.74 Å². The van der Waals surface area contributed by atoms with Gasteiger partial charge < -0.3 is 15.4 Å². The Balaban J connectivity index is 2.40. The average molecular weight is 236 g/mol. The van der Waals surface area contributed by atoms with E-state index in [2.05, 4.69) is 18.7 Å². The van der Waals surface area contributed by atoms with Crippen LogP contribution in [0.25, 0.3) is 0 Å². The lowest BCUT2D eigenvalue weighted by Crippen LogP contribution is -2.27. The first-order chi connectivity index (χ1) is 8.17. The Labute approximate surface area is 102 Å². The summed E-state index contributed by atoms with van der Waals surface area (Å²) in [4.78, 5) is 13.9. The lowest BCUT2D eigenvalue weighted by atomic mass is 10.2. The summed E-state index contributed by atoms with van der Waals surface area (Å²) in [6.07, 6.45) is 0. The Kier molecular flexibility index (Phi) is 5.49. The van der Waals surface area contributed by atoms with Crippen molar-refractivity contribution < 1.29 is 9.53 Å². The number of nitrogens with zero attached hydrogens (tertiary/aromatic N) is 1. The highest BCUT2D eigenvalue weighted by Gasteiger charge is 2.07. The van der Waals surface area contributed by atoms with Crippen LogP contribution in [0.3, 0.4) is 0 Å². The zero-order chi connectivity index (χ0) is 12.7. The smallest absolute Gasteiger partial charge is 0.338 e. The van der Waals surface area contributed by atoms with Crippen LogP contribution in [0.4, 0.5) is 5.69 Å². The summed E-state index contributed by atoms with van der Waals surface area (Å²) in [7, 11) is 0. The number of benzene rings is 1. The fourth-order valence-corrected chi connectivity index (χ4v) is 1.56. The minimum absolute atomic E-state index is 0.315. The normalized spacial score (nSPS) is 10.5. The highest BCUT2D eigenvalue weighted by Crippen LogP contribution is 2.07. The first-order valence-corrected chi connectivity index (χ1v) is 5.92. The number of nitrogen functional groups attached to an aromatic ring is 1. The van der Waals surface area contributed by atoms with Crippen molar-refractivity contribution in [1.29, 1.82) is 0 Å². The van der Waals surface area contributed by atoms with Gasteiger partial charge in [-0.1, -0.05) is 19.9 Å². The van der Waals surface area contributed by atoms with Crippen molar-refractivity contribution in [2.24, 2.45) is 0 Å². The fraction of sp³-hybridized carbons (Fsp3) is 0.462. The van der Waals surface area contributed by atoms with Gasteiger partial charge >= 0.3 is 5.97 Å². The Morgan fingerprint density at radius 1 is 1.35 bits per heavy atom. The molecule has 4 nitrogen and oxygen atoms in total. The highest BCUT2D eigenvalue weighted by molar-refractivity contribution is 5.90. The van der Waals surface area contributed by atoms with Crippen LogP contribution in [0.5, 0.6) is 0 Å². The summed E-state index contributed by atoms with van der Waals surface area (Å²) in [6.45, 7) is 7.28. The maximum atomic E-state index is 11.7. The molecule has 0 unspecified atom stereocenters. The molecule has 0 amide bonds. The lowest BCUT2D eigenvalue weighted by Gasteiger charge is -2.17. The van der Waals surface area contributed by atoms with Crippen LogP contribution >= 0.6 is 0 Å². The third kappa shape index (κ3) is 4.44. The summed E-state index contributed by atoms with van der Waals surface area (Å²) >= 11 is 0. The molecule has 0 bridgehead atoms. The average Bonchev–Trinajstić information content (AvgIpc) is 2.34. The molecule has 0 radical (unpaired) electrons. The Bertz CT molecular complexity index is 362. The number of nitrogens with two attached hydrogens (primary N) is 1. The molecule has 94 valence electrons. The second-order valence-corrected chi connectivity index (χ2v) is 3.79. The molecule has 2 N–H and O–H groups in total. The molecule has 17 heavy (non-hydrogen) atoms. The molecule has 4 heteroatoms. The van der Waals surface area contributed by atoms with Gasteiger partial charge in [0, 0.05) is 12.2 Å². The Morgan fingerprint density at radius 3 is 2.65 bits per heavy atom. The van der Waals surface area contributed by atoms with Crippen molar-refractivity contribution in [3.8, 4) is 0 Å². The zero-order valence-corrected chi connectivity index (χ0v) is 10.5. The van der Waals surface area contributed by atoms with Crippen molar-refractivity contribution in [3.63, 3.8) is 0 Å². The molecule has 1 aromatic carbocycles. The number of likely N-dealkylation sites (N-methyl/N-ethyl adjacent to an activating group) is 1. The first kappa shape index (κ1) is 13.5. The summed E-state index contributed by atoms with van der Waals surface area (Å²) < 4.78 is 5.18. The van der Waals surface area contributed by atoms with Gasteiger partial charge in [-0.25, -0.2) is 4.79 Å². The maximum Gasteiger partial charge on any atom is 0.338 e. The van der Waals surface area contributed by atoms with Gasteiger partial charge in [0.05, 0.1) is 5.56 Å². The van der Waals surface area contributed by atoms with E-state index in [1.807, 2.05) is 0 Å². The van der Waals surface area contributed by atoms with E-state index in [1.54, 1.807) is 24.3 Å². The molecule has 0 fully saturated rings. The molecule has 0 heterocycles. The number of carbonyl (C=O) groups excluding carboxylic acids is 1. The van der Waals surface area contributed by atoms with E-state index in [0.717, 1.165) is 19.6 Å². The van der Waals surface area contributed by atoms with Gasteiger partial charge in [0.2, 0.25) is 0 Å². The standard InChI is InChI=1S/C13H20N2O2/c1-3-15(4-2)8-9-17-13(16)11-6-5-7-12(14)10-11/h5-7,10H,3-4,8-9,14H2,1-2H3. The van der Waals surface area contributed by atoms with Crippen LogP contribution in [0.1, 0.15) is 24.2 Å². The number of esters is 1. The molecular formula is C13H20N2O2. The van der Waals surface area contributed by atoms with Crippen LogP contribution < -0.4 is 5.73 Å². The van der Waals surface area contributed by atoms with Crippen molar-refractivity contribution in [1.82, 2.24) is 4.90 Å². The van der Waals surface area contributed by atoms with E-state index in [1.165, 1.54) is 0 Å². The number of anilines is 1. The van der Waals surface area contributed by atoms with E-state index >= 15 is 0 Å². The van der Waals surface area contributed by atoms with E-state index in [4.69, 9.17) is 10.5 Å². The monoisotopic (exact) mass is 236 g/mol. The number of rotatable bonds is 6. The third-order valence-corrected chi connectivity index (χ3v) is 2.66. The van der Waals surface area contributed by atoms with Gasteiger partial charge in [-0.05, 0) is 31.3 Å². The van der Waals surface area contributed by atoms with Gasteiger partial charge in [-0.15, -0.1) is 0 Å². The minimum Gasteiger partial charge on any atom is -0.461 e. The molecule has 0 saturated carbocycles. The molecule has 0 aromatic heterocycles. The summed E-state index contributed by atoms with van der Waals surface area (Å²) in [5.74, 6) is -0.315. The van der Waals surface area contributed by atoms with Crippen LogP contribution in [0.2, 0.25) is 0 Å². The predicted octanol–water partition coefficient (Wildman–Crippen LogP) is 1.77. The number of ether oxygens (including phenoxy) is 1. The van der Waals surface area contributed by atoms with Gasteiger partial charge in [0.1, 0.15) is 6.61 Å². The number of hydrogen-bond donors (Lipinski definition) is 1. The zero-order valence-electron chi connectivity index (χ0n) is 10.5. The van der Waals surface area contributed by atoms with Gasteiger partial charge in [0.25, 0.3) is 0 Å². The van der Waals surface area contributed by atoms with Crippen molar-refractivity contribution in [2.45, 2.75) is 13.8 Å². The maximum absolute atomic E-state index is 11.7. The number of carbonyl (C=O) groups is 1. The molecule has 0 saturated heterocycles. The third-order valence-electron chi connectivity index (χ3n) is 2.66. The van der Waals surface area contributed by atoms with Crippen LogP contribution in [-0.4, -0.2) is 37.1 Å². The second kappa shape index (κ2) is 6.91. The Hall–Kier alpha value is -1.55. The Morgan fingerprint density at radius 2 is 2.06 bits per heavy atom. The molecule has 0 aliphatic rings. The topological polar surface area (TPSA) is 55.6 Å². The summed E-state index contributed by atoms with van der Waals surface area (Å²) in [5, 5.41) is 0. The van der Waals surface area contributed by atoms with Crippen molar-refractivity contribution in [3.05, 3.63) is 29.8 Å². The summed E-state index contributed by atoms with van der Waals surface area (Å²) in [6, 6.07) is 6.82. The summed E-state index contributed by atoms with van der Waals surface area (Å²) in [5.41, 5.74) is 6.68. The first-order valence-electron chi connectivity index (χ1n) is 5.92. The molecule has 0 aliphatic carbocycles. The molecule has 1 rings (SSSR count). The van der Waals surface area contributed by atoms with Crippen molar-refractivity contribution >= 4 is 11.7 Å². The van der Waals surface area contributed by atoms with E-state index in [0.29, 0.717) is 17.9 Å². The van der Waals surface area contributed by atoms with Crippen LogP contribution in [0, 0.1) is 0 Å². The van der Waals surface area contributed by atoms with Gasteiger partial charge in [0.15, 0.2) is 0 Å². The van der Waals surface area contributed by atoms with Gasteiger partial charge in [-0.3, -0.25) is 0 Å². The molecule has 1 aromatic rings. The van der Waals surface area contributed by atoms with Crippen LogP contribution in [0.15, 0.2) is 24.3 Å². The molecule has 0 atom stereocenters. The van der Waals surface area contributed by atoms with Crippen molar-refractivity contribution in [2.75, 3.05) is 32.0 Å². The highest BCUT2D eigenvalue weighted by atomic mass is 16.5. The second-order valence-electron chi connectivity index (χ2n) is 3.79. The van der Waals surface area contributed by atoms with E-state index in [9.17, 15) is 4.79 Å².